The number of hydrogen-bond donors (Lipinski definition) is 1. The number of para-hydroxylation sites is 1. The molecule has 0 fully saturated rings. The highest BCUT2D eigenvalue weighted by atomic mass is 16.3. The van der Waals surface area contributed by atoms with E-state index in [2.05, 4.69) is 157 Å². The van der Waals surface area contributed by atoms with Crippen LogP contribution < -0.4 is 5.32 Å². The quantitative estimate of drug-likeness (QED) is 0.231. The molecule has 9 rings (SSSR count). The Labute approximate surface area is 254 Å². The molecule has 0 saturated carbocycles. The van der Waals surface area contributed by atoms with Gasteiger partial charge in [0.15, 0.2) is 5.58 Å². The van der Waals surface area contributed by atoms with Crippen LogP contribution in [0.4, 0.5) is 11.4 Å². The van der Waals surface area contributed by atoms with E-state index in [1.807, 2.05) is 6.07 Å². The predicted octanol–water partition coefficient (Wildman–Crippen LogP) is 12.1. The number of hydrogen-bond acceptors (Lipinski definition) is 2. The summed E-state index contributed by atoms with van der Waals surface area (Å²) in [6, 6.07) is 56.0. The van der Waals surface area contributed by atoms with Crippen molar-refractivity contribution in [1.29, 1.82) is 0 Å². The molecule has 0 spiro atoms. The summed E-state index contributed by atoms with van der Waals surface area (Å²) in [5.74, 6) is 0. The fourth-order valence-corrected chi connectivity index (χ4v) is 6.84. The minimum absolute atomic E-state index is 0.865. The molecule has 2 heteroatoms. The van der Waals surface area contributed by atoms with Gasteiger partial charge >= 0.3 is 0 Å². The van der Waals surface area contributed by atoms with Crippen molar-refractivity contribution < 1.29 is 4.42 Å². The third-order valence-electron chi connectivity index (χ3n) is 8.85. The van der Waals surface area contributed by atoms with Gasteiger partial charge in [-0.3, -0.25) is 0 Å². The Kier molecular flexibility index (Phi) is 5.54. The summed E-state index contributed by atoms with van der Waals surface area (Å²) in [4.78, 5) is 0. The van der Waals surface area contributed by atoms with Crippen LogP contribution in [-0.2, 0) is 0 Å². The van der Waals surface area contributed by atoms with Gasteiger partial charge in [-0.2, -0.15) is 0 Å². The molecule has 0 bridgehead atoms. The molecule has 8 aromatic carbocycles. The molecular weight excluding hydrogens is 534 g/mol. The van der Waals surface area contributed by atoms with Crippen LogP contribution in [-0.4, -0.2) is 0 Å². The van der Waals surface area contributed by atoms with E-state index in [9.17, 15) is 0 Å². The summed E-state index contributed by atoms with van der Waals surface area (Å²) < 4.78 is 6.84. The lowest BCUT2D eigenvalue weighted by Crippen LogP contribution is -1.93. The van der Waals surface area contributed by atoms with Crippen LogP contribution in [0, 0.1) is 0 Å². The average molecular weight is 562 g/mol. The topological polar surface area (TPSA) is 25.2 Å². The number of fused-ring (bicyclic) bond motifs is 7. The minimum Gasteiger partial charge on any atom is -0.453 e. The van der Waals surface area contributed by atoms with Crippen molar-refractivity contribution in [2.45, 2.75) is 0 Å². The van der Waals surface area contributed by atoms with Gasteiger partial charge in [0.05, 0.1) is 5.69 Å². The fraction of sp³-hybridized carbons (Fsp3) is 0. The van der Waals surface area contributed by atoms with E-state index in [0.717, 1.165) is 44.4 Å². The first-order chi connectivity index (χ1) is 21.8. The molecule has 9 aromatic rings. The first-order valence-corrected chi connectivity index (χ1v) is 15.0. The molecule has 1 N–H and O–H groups in total. The lowest BCUT2D eigenvalue weighted by atomic mass is 9.93. The fourth-order valence-electron chi connectivity index (χ4n) is 6.84. The molecule has 1 heterocycles. The summed E-state index contributed by atoms with van der Waals surface area (Å²) in [5.41, 5.74) is 8.48. The maximum Gasteiger partial charge on any atom is 0.159 e. The second-order valence-corrected chi connectivity index (χ2v) is 11.4. The van der Waals surface area contributed by atoms with Gasteiger partial charge in [-0.25, -0.2) is 0 Å². The first kappa shape index (κ1) is 24.7. The molecule has 0 aliphatic heterocycles. The number of furan rings is 1. The summed E-state index contributed by atoms with van der Waals surface area (Å²) in [7, 11) is 0. The first-order valence-electron chi connectivity index (χ1n) is 15.0. The molecule has 0 amide bonds. The van der Waals surface area contributed by atoms with Gasteiger partial charge in [0.1, 0.15) is 5.58 Å². The van der Waals surface area contributed by atoms with Crippen LogP contribution in [0.25, 0.3) is 76.5 Å². The highest BCUT2D eigenvalue weighted by molar-refractivity contribution is 6.24. The minimum atomic E-state index is 0.865. The lowest BCUT2D eigenvalue weighted by molar-refractivity contribution is 0.671. The van der Waals surface area contributed by atoms with Gasteiger partial charge in [0.2, 0.25) is 0 Å². The zero-order valence-corrected chi connectivity index (χ0v) is 23.9. The van der Waals surface area contributed by atoms with E-state index in [0.29, 0.717) is 0 Å². The van der Waals surface area contributed by atoms with E-state index in [-0.39, 0.29) is 0 Å². The monoisotopic (exact) mass is 561 g/mol. The molecule has 0 unspecified atom stereocenters. The van der Waals surface area contributed by atoms with Crippen molar-refractivity contribution in [3.8, 4) is 22.3 Å². The number of benzene rings is 8. The van der Waals surface area contributed by atoms with Gasteiger partial charge in [-0.05, 0) is 55.8 Å². The zero-order valence-electron chi connectivity index (χ0n) is 23.9. The molecular formula is C42H27NO. The number of anilines is 2. The summed E-state index contributed by atoms with van der Waals surface area (Å²) >= 11 is 0. The predicted molar refractivity (Wildman–Crippen MR) is 187 cm³/mol. The molecule has 44 heavy (non-hydrogen) atoms. The molecule has 206 valence electrons. The Morgan fingerprint density at radius 1 is 0.364 bits per heavy atom. The molecule has 1 aromatic heterocycles. The zero-order chi connectivity index (χ0) is 29.0. The van der Waals surface area contributed by atoms with Crippen molar-refractivity contribution in [2.75, 3.05) is 5.32 Å². The van der Waals surface area contributed by atoms with E-state index in [1.54, 1.807) is 0 Å². The Morgan fingerprint density at radius 2 is 0.955 bits per heavy atom. The normalized spacial score (nSPS) is 11.6. The number of rotatable bonds is 4. The van der Waals surface area contributed by atoms with Gasteiger partial charge in [-0.15, -0.1) is 0 Å². The molecule has 0 radical (unpaired) electrons. The Hall–Kier alpha value is -5.86. The van der Waals surface area contributed by atoms with E-state index < -0.39 is 0 Å². The van der Waals surface area contributed by atoms with Gasteiger partial charge in [0.25, 0.3) is 0 Å². The molecule has 0 atom stereocenters. The van der Waals surface area contributed by atoms with Crippen LogP contribution in [0.1, 0.15) is 0 Å². The van der Waals surface area contributed by atoms with Gasteiger partial charge < -0.3 is 9.73 Å². The number of nitrogens with one attached hydrogen (secondary N) is 1. The Bertz CT molecular complexity index is 2520. The van der Waals surface area contributed by atoms with Crippen molar-refractivity contribution in [3.63, 3.8) is 0 Å². The van der Waals surface area contributed by atoms with Crippen molar-refractivity contribution in [2.24, 2.45) is 0 Å². The van der Waals surface area contributed by atoms with Crippen molar-refractivity contribution >= 4 is 65.6 Å². The maximum atomic E-state index is 6.84. The van der Waals surface area contributed by atoms with Crippen LogP contribution in [0.2, 0.25) is 0 Å². The maximum absolute atomic E-state index is 6.84. The molecule has 0 aliphatic rings. The Morgan fingerprint density at radius 3 is 1.82 bits per heavy atom. The second kappa shape index (κ2) is 9.86. The molecule has 2 nitrogen and oxygen atoms in total. The summed E-state index contributed by atoms with van der Waals surface area (Å²) in [6.07, 6.45) is 0. The van der Waals surface area contributed by atoms with Crippen molar-refractivity contribution in [3.05, 3.63) is 158 Å². The second-order valence-electron chi connectivity index (χ2n) is 11.4. The van der Waals surface area contributed by atoms with E-state index in [4.69, 9.17) is 4.42 Å². The van der Waals surface area contributed by atoms with Crippen LogP contribution in [0.3, 0.4) is 0 Å². The smallest absolute Gasteiger partial charge is 0.159 e. The van der Waals surface area contributed by atoms with Crippen molar-refractivity contribution in [1.82, 2.24) is 0 Å². The van der Waals surface area contributed by atoms with Gasteiger partial charge in [-0.1, -0.05) is 146 Å². The highest BCUT2D eigenvalue weighted by Crippen LogP contribution is 2.44. The summed E-state index contributed by atoms with van der Waals surface area (Å²) in [5, 5.41) is 13.3. The highest BCUT2D eigenvalue weighted by Gasteiger charge is 2.19. The van der Waals surface area contributed by atoms with Crippen LogP contribution in [0.15, 0.2) is 162 Å². The third kappa shape index (κ3) is 3.82. The average Bonchev–Trinajstić information content (AvgIpc) is 3.49. The van der Waals surface area contributed by atoms with Crippen LogP contribution in [0.5, 0.6) is 0 Å². The largest absolute Gasteiger partial charge is 0.453 e. The third-order valence-corrected chi connectivity index (χ3v) is 8.85. The van der Waals surface area contributed by atoms with Gasteiger partial charge in [0, 0.05) is 27.4 Å². The lowest BCUT2D eigenvalue weighted by Gasteiger charge is -2.15. The van der Waals surface area contributed by atoms with Crippen LogP contribution >= 0.6 is 0 Å². The summed E-state index contributed by atoms with van der Waals surface area (Å²) in [6.45, 7) is 0. The SMILES string of the molecule is c1ccc(-c2cccc3c2oc2c(Nc4cccc5c(-c6cccc7ccccc67)cccc45)cc4ccccc4c23)cc1. The van der Waals surface area contributed by atoms with E-state index >= 15 is 0 Å². The molecule has 0 aliphatic carbocycles. The molecule has 0 saturated heterocycles. The standard InChI is InChI=1S/C42H27NO/c1-2-12-28(13-3-1)32-19-9-24-37-40-31-18-7-5-15-29(31)26-39(42(40)44-41(32)37)43-38-25-11-22-35-34(21-10-23-36(35)38)33-20-8-16-27-14-4-6-17-30(27)33/h1-26,43H. The van der Waals surface area contributed by atoms with E-state index in [1.165, 1.54) is 43.4 Å². The Balaban J connectivity index is 1.27.